The zero-order chi connectivity index (χ0) is 13.3. The minimum atomic E-state index is -3.43. The van der Waals surface area contributed by atoms with Gasteiger partial charge in [-0.3, -0.25) is 0 Å². The maximum Gasteiger partial charge on any atom is 0.241 e. The Kier molecular flexibility index (Phi) is 3.28. The summed E-state index contributed by atoms with van der Waals surface area (Å²) in [5, 5.41) is 3.52. The van der Waals surface area contributed by atoms with Gasteiger partial charge in [-0.05, 0) is 31.5 Å². The molecule has 0 aromatic heterocycles. The Morgan fingerprint density at radius 1 is 1.11 bits per heavy atom. The van der Waals surface area contributed by atoms with Crippen molar-refractivity contribution >= 4 is 20.7 Å². The van der Waals surface area contributed by atoms with Crippen LogP contribution in [0.3, 0.4) is 0 Å². The van der Waals surface area contributed by atoms with Gasteiger partial charge in [-0.2, -0.15) is 0 Å². The second-order valence-electron chi connectivity index (χ2n) is 4.81. The van der Waals surface area contributed by atoms with E-state index in [4.69, 9.17) is 0 Å². The van der Waals surface area contributed by atoms with E-state index in [2.05, 4.69) is 10.3 Å². The van der Waals surface area contributed by atoms with Crippen LogP contribution in [0.2, 0.25) is 0 Å². The lowest BCUT2D eigenvalue weighted by Gasteiger charge is -2.26. The summed E-state index contributed by atoms with van der Waals surface area (Å²) in [6, 6.07) is 6.94. The lowest BCUT2D eigenvalue weighted by molar-refractivity contribution is 0.376. The molecule has 0 spiro atoms. The van der Waals surface area contributed by atoms with Crippen molar-refractivity contribution in [3.05, 3.63) is 24.3 Å². The molecule has 1 aromatic rings. The Hall–Kier alpha value is -1.40. The number of aliphatic imine (C=N–C) groups is 1. The molecule has 0 unspecified atom stereocenters. The molecule has 1 fully saturated rings. The number of rotatable bonds is 0. The number of sulfone groups is 1. The van der Waals surface area contributed by atoms with Gasteiger partial charge in [-0.15, -0.1) is 0 Å². The number of para-hydroxylation sites is 1. The summed E-state index contributed by atoms with van der Waals surface area (Å²) in [6.45, 7) is 3.25. The molecule has 0 aliphatic carbocycles. The van der Waals surface area contributed by atoms with E-state index in [-0.39, 0.29) is 5.17 Å². The van der Waals surface area contributed by atoms with Crippen LogP contribution in [0.25, 0.3) is 0 Å². The summed E-state index contributed by atoms with van der Waals surface area (Å²) in [5.41, 5.74) is 0.563. The van der Waals surface area contributed by atoms with Gasteiger partial charge >= 0.3 is 0 Å². The molecular weight excluding hydrogens is 262 g/mol. The average molecular weight is 279 g/mol. The van der Waals surface area contributed by atoms with Crippen molar-refractivity contribution in [2.75, 3.05) is 26.2 Å². The summed E-state index contributed by atoms with van der Waals surface area (Å²) in [6.07, 6.45) is 2.05. The second kappa shape index (κ2) is 4.94. The summed E-state index contributed by atoms with van der Waals surface area (Å²) in [7, 11) is -3.43. The van der Waals surface area contributed by atoms with Gasteiger partial charge in [-0.1, -0.05) is 12.1 Å². The van der Waals surface area contributed by atoms with E-state index in [0.717, 1.165) is 32.5 Å². The van der Waals surface area contributed by atoms with Gasteiger partial charge in [0.15, 0.2) is 0 Å². The van der Waals surface area contributed by atoms with Gasteiger partial charge < -0.3 is 10.2 Å². The van der Waals surface area contributed by atoms with E-state index >= 15 is 0 Å². The Labute approximate surface area is 113 Å². The molecule has 0 bridgehead atoms. The standard InChI is InChI=1S/C13H17N3O2S/c17-19(18)12-6-2-1-5-11(12)15-13(19)16-9-4-3-7-14-8-10-16/h1-2,5-6,14H,3-4,7-10H2. The highest BCUT2D eigenvalue weighted by atomic mass is 32.2. The van der Waals surface area contributed by atoms with Crippen molar-refractivity contribution in [1.29, 1.82) is 0 Å². The fraction of sp³-hybridized carbons (Fsp3) is 0.462. The molecule has 2 heterocycles. The first kappa shape index (κ1) is 12.6. The van der Waals surface area contributed by atoms with Crippen molar-refractivity contribution in [3.63, 3.8) is 0 Å². The monoisotopic (exact) mass is 279 g/mol. The molecule has 1 saturated heterocycles. The number of benzene rings is 1. The molecular formula is C13H17N3O2S. The van der Waals surface area contributed by atoms with Crippen molar-refractivity contribution < 1.29 is 8.42 Å². The maximum absolute atomic E-state index is 12.5. The highest BCUT2D eigenvalue weighted by Crippen LogP contribution is 2.33. The highest BCUT2D eigenvalue weighted by Gasteiger charge is 2.35. The van der Waals surface area contributed by atoms with Gasteiger partial charge in [0.1, 0.15) is 4.90 Å². The number of hydrogen-bond donors (Lipinski definition) is 1. The molecule has 2 aliphatic heterocycles. The highest BCUT2D eigenvalue weighted by molar-refractivity contribution is 8.06. The van der Waals surface area contributed by atoms with E-state index in [1.54, 1.807) is 18.2 Å². The zero-order valence-electron chi connectivity index (χ0n) is 10.7. The van der Waals surface area contributed by atoms with E-state index in [9.17, 15) is 8.42 Å². The minimum Gasteiger partial charge on any atom is -0.345 e. The second-order valence-corrected chi connectivity index (χ2v) is 6.62. The molecule has 0 amide bonds. The molecule has 1 aromatic carbocycles. The normalized spacial score (nSPS) is 22.3. The van der Waals surface area contributed by atoms with E-state index in [0.29, 0.717) is 17.1 Å². The average Bonchev–Trinajstić information content (AvgIpc) is 2.62. The van der Waals surface area contributed by atoms with Crippen LogP contribution in [0.5, 0.6) is 0 Å². The van der Waals surface area contributed by atoms with Crippen LogP contribution in [-0.2, 0) is 9.84 Å². The molecule has 3 rings (SSSR count). The van der Waals surface area contributed by atoms with Gasteiger partial charge in [0.05, 0.1) is 5.69 Å². The third-order valence-electron chi connectivity index (χ3n) is 3.47. The fourth-order valence-electron chi connectivity index (χ4n) is 2.47. The van der Waals surface area contributed by atoms with Crippen molar-refractivity contribution in [1.82, 2.24) is 10.2 Å². The van der Waals surface area contributed by atoms with Crippen LogP contribution in [0.4, 0.5) is 5.69 Å². The molecule has 2 aliphatic rings. The van der Waals surface area contributed by atoms with Gasteiger partial charge in [0.2, 0.25) is 15.0 Å². The Bertz CT molecular complexity index is 602. The number of fused-ring (bicyclic) bond motifs is 1. The van der Waals surface area contributed by atoms with E-state index < -0.39 is 9.84 Å². The number of nitrogens with one attached hydrogen (secondary N) is 1. The topological polar surface area (TPSA) is 61.8 Å². The minimum absolute atomic E-state index is 0.220. The molecule has 5 nitrogen and oxygen atoms in total. The third kappa shape index (κ3) is 2.26. The Morgan fingerprint density at radius 2 is 1.95 bits per heavy atom. The maximum atomic E-state index is 12.5. The lowest BCUT2D eigenvalue weighted by Crippen LogP contribution is -2.42. The smallest absolute Gasteiger partial charge is 0.241 e. The van der Waals surface area contributed by atoms with Crippen LogP contribution < -0.4 is 5.32 Å². The number of amidine groups is 1. The molecule has 19 heavy (non-hydrogen) atoms. The van der Waals surface area contributed by atoms with Crippen LogP contribution in [0.1, 0.15) is 12.8 Å². The SMILES string of the molecule is O=S1(=O)C(N2CCCCNCC2)=Nc2ccccc21. The summed E-state index contributed by atoms with van der Waals surface area (Å²) < 4.78 is 25.0. The van der Waals surface area contributed by atoms with E-state index in [1.165, 1.54) is 0 Å². The quantitative estimate of drug-likeness (QED) is 0.774. The molecule has 6 heteroatoms. The van der Waals surface area contributed by atoms with Gasteiger partial charge in [-0.25, -0.2) is 13.4 Å². The molecule has 0 radical (unpaired) electrons. The van der Waals surface area contributed by atoms with Crippen molar-refractivity contribution in [3.8, 4) is 0 Å². The first-order valence-electron chi connectivity index (χ1n) is 6.58. The predicted molar refractivity (Wildman–Crippen MR) is 74.4 cm³/mol. The van der Waals surface area contributed by atoms with E-state index in [1.807, 2.05) is 11.0 Å². The zero-order valence-corrected chi connectivity index (χ0v) is 11.5. The lowest BCUT2D eigenvalue weighted by atomic mass is 10.2. The Balaban J connectivity index is 1.94. The molecule has 0 atom stereocenters. The summed E-state index contributed by atoms with van der Waals surface area (Å²) in [5.74, 6) is 0. The van der Waals surface area contributed by atoms with Crippen LogP contribution >= 0.6 is 0 Å². The molecule has 102 valence electrons. The third-order valence-corrected chi connectivity index (χ3v) is 5.23. The van der Waals surface area contributed by atoms with Crippen LogP contribution in [0, 0.1) is 0 Å². The largest absolute Gasteiger partial charge is 0.345 e. The molecule has 1 N–H and O–H groups in total. The summed E-state index contributed by atoms with van der Waals surface area (Å²) in [4.78, 5) is 6.55. The van der Waals surface area contributed by atoms with Gasteiger partial charge in [0.25, 0.3) is 0 Å². The van der Waals surface area contributed by atoms with Gasteiger partial charge in [0, 0.05) is 19.6 Å². The summed E-state index contributed by atoms with van der Waals surface area (Å²) >= 11 is 0. The van der Waals surface area contributed by atoms with Crippen LogP contribution in [-0.4, -0.2) is 44.7 Å². The first-order valence-corrected chi connectivity index (χ1v) is 8.06. The predicted octanol–water partition coefficient (Wildman–Crippen LogP) is 1.15. The Morgan fingerprint density at radius 3 is 2.79 bits per heavy atom. The number of nitrogens with zero attached hydrogens (tertiary/aromatic N) is 2. The first-order chi connectivity index (χ1) is 9.19. The number of hydrogen-bond acceptors (Lipinski definition) is 5. The van der Waals surface area contributed by atoms with Crippen molar-refractivity contribution in [2.45, 2.75) is 17.7 Å². The fourth-order valence-corrected chi connectivity index (χ4v) is 4.06. The molecule has 0 saturated carbocycles. The van der Waals surface area contributed by atoms with Crippen LogP contribution in [0.15, 0.2) is 34.2 Å². The van der Waals surface area contributed by atoms with Crippen molar-refractivity contribution in [2.24, 2.45) is 4.99 Å².